The van der Waals surface area contributed by atoms with Crippen molar-refractivity contribution in [3.8, 4) is 0 Å². The summed E-state index contributed by atoms with van der Waals surface area (Å²) in [5, 5.41) is 6.59. The molecule has 2 atom stereocenters. The molecule has 2 heterocycles. The molecule has 2 unspecified atom stereocenters. The van der Waals surface area contributed by atoms with Crippen LogP contribution in [0.15, 0.2) is 0 Å². The van der Waals surface area contributed by atoms with Crippen molar-refractivity contribution >= 4 is 23.7 Å². The number of urea groups is 1. The van der Waals surface area contributed by atoms with Crippen LogP contribution in [0, 0.1) is 5.92 Å². The van der Waals surface area contributed by atoms with Crippen LogP contribution in [0.2, 0.25) is 0 Å². The Bertz CT molecular complexity index is 436. The summed E-state index contributed by atoms with van der Waals surface area (Å²) in [6.45, 7) is 6.53. The molecule has 0 saturated carbocycles. The monoisotopic (exact) mass is 342 g/mol. The molecule has 2 rings (SSSR count). The first-order valence-electron chi connectivity index (χ1n) is 8.52. The molecule has 7 heteroatoms. The maximum atomic E-state index is 12.3. The van der Waals surface area contributed by atoms with Crippen LogP contribution in [0.3, 0.4) is 0 Å². The second-order valence-corrected chi connectivity index (χ2v) is 8.33. The lowest BCUT2D eigenvalue weighted by Gasteiger charge is -2.39. The summed E-state index contributed by atoms with van der Waals surface area (Å²) in [7, 11) is 3.57. The fourth-order valence-electron chi connectivity index (χ4n) is 2.96. The van der Waals surface area contributed by atoms with Gasteiger partial charge in [0, 0.05) is 39.5 Å². The number of likely N-dealkylation sites (tertiary alicyclic amines) is 1. The Morgan fingerprint density at radius 1 is 1.39 bits per heavy atom. The van der Waals surface area contributed by atoms with E-state index < -0.39 is 0 Å². The lowest BCUT2D eigenvalue weighted by molar-refractivity contribution is -0.122. The largest absolute Gasteiger partial charge is 0.354 e. The zero-order valence-electron chi connectivity index (χ0n) is 14.7. The number of hydrogen-bond donors (Lipinski definition) is 2. The van der Waals surface area contributed by atoms with Gasteiger partial charge in [0.1, 0.15) is 0 Å². The molecule has 0 radical (unpaired) electrons. The fourth-order valence-corrected chi connectivity index (χ4v) is 4.38. The van der Waals surface area contributed by atoms with Crippen LogP contribution in [0.1, 0.15) is 33.1 Å². The first-order chi connectivity index (χ1) is 10.9. The number of nitrogens with zero attached hydrogens (tertiary/aromatic N) is 2. The molecule has 0 aromatic heterocycles. The highest BCUT2D eigenvalue weighted by Gasteiger charge is 2.44. The molecule has 2 saturated heterocycles. The molecule has 0 bridgehead atoms. The van der Waals surface area contributed by atoms with Crippen LogP contribution in [-0.2, 0) is 4.79 Å². The minimum atomic E-state index is -0.111. The van der Waals surface area contributed by atoms with Crippen molar-refractivity contribution in [1.29, 1.82) is 0 Å². The molecule has 2 fully saturated rings. The number of thioether (sulfide) groups is 1. The van der Waals surface area contributed by atoms with E-state index in [0.29, 0.717) is 5.92 Å². The molecular formula is C16H30N4O2S. The van der Waals surface area contributed by atoms with Crippen LogP contribution in [0.4, 0.5) is 4.79 Å². The highest BCUT2D eigenvalue weighted by atomic mass is 32.2. The van der Waals surface area contributed by atoms with E-state index in [2.05, 4.69) is 24.5 Å². The Morgan fingerprint density at radius 2 is 2.04 bits per heavy atom. The Balaban J connectivity index is 1.81. The second-order valence-electron chi connectivity index (χ2n) is 6.92. The molecule has 6 nitrogen and oxygen atoms in total. The molecule has 0 aliphatic carbocycles. The molecular weight excluding hydrogens is 312 g/mol. The van der Waals surface area contributed by atoms with Crippen molar-refractivity contribution in [3.05, 3.63) is 0 Å². The Hall–Kier alpha value is -0.950. The number of carbonyl (C=O) groups excluding carboxylic acids is 2. The Morgan fingerprint density at radius 3 is 2.61 bits per heavy atom. The van der Waals surface area contributed by atoms with Crippen LogP contribution in [0.5, 0.6) is 0 Å². The third-order valence-corrected chi connectivity index (χ3v) is 6.40. The van der Waals surface area contributed by atoms with Crippen LogP contribution in [0.25, 0.3) is 0 Å². The maximum Gasteiger partial charge on any atom is 0.319 e. The number of amides is 3. The average Bonchev–Trinajstić information content (AvgIpc) is 2.96. The molecule has 1 spiro atoms. The van der Waals surface area contributed by atoms with Crippen molar-refractivity contribution < 1.29 is 9.59 Å². The van der Waals surface area contributed by atoms with Gasteiger partial charge in [0.15, 0.2) is 0 Å². The van der Waals surface area contributed by atoms with E-state index in [1.54, 1.807) is 19.0 Å². The van der Waals surface area contributed by atoms with Crippen molar-refractivity contribution in [2.45, 2.75) is 44.0 Å². The summed E-state index contributed by atoms with van der Waals surface area (Å²) in [6.07, 6.45) is 2.87. The van der Waals surface area contributed by atoms with Gasteiger partial charge in [0.25, 0.3) is 0 Å². The molecule has 2 aliphatic rings. The van der Waals surface area contributed by atoms with E-state index in [0.717, 1.165) is 44.6 Å². The van der Waals surface area contributed by atoms with E-state index in [4.69, 9.17) is 0 Å². The number of hydrogen-bond acceptors (Lipinski definition) is 4. The second kappa shape index (κ2) is 7.75. The lowest BCUT2D eigenvalue weighted by atomic mass is 10.0. The predicted molar refractivity (Wildman–Crippen MR) is 94.5 cm³/mol. The summed E-state index contributed by atoms with van der Waals surface area (Å²) >= 11 is 1.84. The van der Waals surface area contributed by atoms with E-state index in [-0.39, 0.29) is 22.9 Å². The third kappa shape index (κ3) is 4.53. The normalized spacial score (nSPS) is 24.5. The molecule has 3 amide bonds. The van der Waals surface area contributed by atoms with Gasteiger partial charge >= 0.3 is 6.03 Å². The maximum absolute atomic E-state index is 12.3. The quantitative estimate of drug-likeness (QED) is 0.809. The molecule has 0 aromatic rings. The third-order valence-electron chi connectivity index (χ3n) is 4.83. The van der Waals surface area contributed by atoms with Crippen molar-refractivity contribution in [2.24, 2.45) is 5.92 Å². The van der Waals surface area contributed by atoms with Gasteiger partial charge in [-0.1, -0.05) is 20.3 Å². The first kappa shape index (κ1) is 18.4. The first-order valence-corrected chi connectivity index (χ1v) is 9.51. The van der Waals surface area contributed by atoms with Crippen molar-refractivity contribution in [3.63, 3.8) is 0 Å². The molecule has 0 aromatic carbocycles. The summed E-state index contributed by atoms with van der Waals surface area (Å²) in [5.41, 5.74) is 0. The molecule has 2 N–H and O–H groups in total. The SMILES string of the molecule is CCC(C)CNC(=O)C1CSC2(CCN(C(=O)N(C)C)CC2)N1. The van der Waals surface area contributed by atoms with Gasteiger partial charge in [-0.15, -0.1) is 11.8 Å². The van der Waals surface area contributed by atoms with E-state index in [9.17, 15) is 9.59 Å². The standard InChI is InChI=1S/C16H30N4O2S/c1-5-12(2)10-17-14(21)13-11-23-16(18-13)6-8-20(9-7-16)15(22)19(3)4/h12-13,18H,5-11H2,1-4H3,(H,17,21). The smallest absolute Gasteiger partial charge is 0.319 e. The van der Waals surface area contributed by atoms with Gasteiger partial charge in [-0.3, -0.25) is 10.1 Å². The number of rotatable bonds is 4. The molecule has 132 valence electrons. The van der Waals surface area contributed by atoms with Crippen molar-refractivity contribution in [1.82, 2.24) is 20.4 Å². The topological polar surface area (TPSA) is 64.7 Å². The summed E-state index contributed by atoms with van der Waals surface area (Å²) in [5.74, 6) is 1.44. The zero-order valence-corrected chi connectivity index (χ0v) is 15.5. The summed E-state index contributed by atoms with van der Waals surface area (Å²) in [6, 6.07) is -0.0363. The Labute approximate surface area is 143 Å². The van der Waals surface area contributed by atoms with E-state index >= 15 is 0 Å². The summed E-state index contributed by atoms with van der Waals surface area (Å²) < 4.78 is 0. The van der Waals surface area contributed by atoms with Crippen LogP contribution in [-0.4, -0.2) is 72.1 Å². The van der Waals surface area contributed by atoms with Gasteiger partial charge < -0.3 is 15.1 Å². The van der Waals surface area contributed by atoms with Gasteiger partial charge in [0.2, 0.25) is 5.91 Å². The predicted octanol–water partition coefficient (Wildman–Crippen LogP) is 1.33. The van der Waals surface area contributed by atoms with Gasteiger partial charge in [-0.25, -0.2) is 4.79 Å². The van der Waals surface area contributed by atoms with Crippen LogP contribution >= 0.6 is 11.8 Å². The van der Waals surface area contributed by atoms with Gasteiger partial charge in [0.05, 0.1) is 10.9 Å². The fraction of sp³-hybridized carbons (Fsp3) is 0.875. The van der Waals surface area contributed by atoms with Gasteiger partial charge in [-0.2, -0.15) is 0 Å². The lowest BCUT2D eigenvalue weighted by Crippen LogP contribution is -2.55. The van der Waals surface area contributed by atoms with Crippen molar-refractivity contribution in [2.75, 3.05) is 39.5 Å². The van der Waals surface area contributed by atoms with Crippen LogP contribution < -0.4 is 10.6 Å². The minimum absolute atomic E-state index is 0.0402. The average molecular weight is 343 g/mol. The highest BCUT2D eigenvalue weighted by molar-refractivity contribution is 8.01. The molecule has 23 heavy (non-hydrogen) atoms. The van der Waals surface area contributed by atoms with E-state index in [1.807, 2.05) is 16.7 Å². The van der Waals surface area contributed by atoms with Gasteiger partial charge in [-0.05, 0) is 18.8 Å². The number of piperidine rings is 1. The Kier molecular flexibility index (Phi) is 6.19. The summed E-state index contributed by atoms with van der Waals surface area (Å²) in [4.78, 5) is 27.8. The number of nitrogens with one attached hydrogen (secondary N) is 2. The highest BCUT2D eigenvalue weighted by Crippen LogP contribution is 2.39. The van der Waals surface area contributed by atoms with E-state index in [1.165, 1.54) is 0 Å². The minimum Gasteiger partial charge on any atom is -0.354 e. The molecule has 2 aliphatic heterocycles. The zero-order chi connectivity index (χ0) is 17.0. The number of carbonyl (C=O) groups is 2.